The molecule has 4 amide bonds. The van der Waals surface area contributed by atoms with E-state index in [4.69, 9.17) is 4.74 Å². The molecule has 0 aliphatic carbocycles. The SMILES string of the molecule is COC(=O)N[C@@H](C)C(=O)N1CCCC1c1ncc(-c2ccc3c(c2)COCc2cc(-c4cnc([C@@H]5CCCN5C(=O)[C@H](C)NC(=O)OC)[nH]4)ccc2-3)[nH]1. The van der Waals surface area contributed by atoms with Gasteiger partial charge in [0.25, 0.3) is 0 Å². The molecule has 2 fully saturated rings. The number of rotatable bonds is 8. The van der Waals surface area contributed by atoms with Crippen molar-refractivity contribution in [3.8, 4) is 33.6 Å². The number of benzene rings is 2. The summed E-state index contributed by atoms with van der Waals surface area (Å²) in [6.07, 6.45) is 5.53. The van der Waals surface area contributed by atoms with Crippen molar-refractivity contribution in [1.82, 2.24) is 40.4 Å². The van der Waals surface area contributed by atoms with Gasteiger partial charge in [0.2, 0.25) is 11.8 Å². The number of ether oxygens (including phenoxy) is 3. The lowest BCUT2D eigenvalue weighted by Gasteiger charge is -2.26. The highest BCUT2D eigenvalue weighted by atomic mass is 16.5. The molecule has 4 atom stereocenters. The summed E-state index contributed by atoms with van der Waals surface area (Å²) in [6.45, 7) is 5.35. The van der Waals surface area contributed by atoms with Crippen molar-refractivity contribution in [2.75, 3.05) is 27.3 Å². The molecule has 278 valence electrons. The molecule has 4 aromatic rings. The first kappa shape index (κ1) is 35.7. The monoisotopic (exact) mass is 724 g/mol. The third-order valence-electron chi connectivity index (χ3n) is 10.3. The molecule has 7 rings (SSSR count). The second-order valence-corrected chi connectivity index (χ2v) is 13.7. The van der Waals surface area contributed by atoms with E-state index in [1.165, 1.54) is 14.2 Å². The lowest BCUT2D eigenvalue weighted by atomic mass is 9.93. The van der Waals surface area contributed by atoms with Crippen LogP contribution in [-0.4, -0.2) is 93.1 Å². The van der Waals surface area contributed by atoms with Gasteiger partial charge in [-0.25, -0.2) is 19.6 Å². The van der Waals surface area contributed by atoms with E-state index >= 15 is 0 Å². The van der Waals surface area contributed by atoms with E-state index in [-0.39, 0.29) is 23.9 Å². The van der Waals surface area contributed by atoms with Gasteiger partial charge in [0.1, 0.15) is 23.7 Å². The van der Waals surface area contributed by atoms with E-state index in [0.717, 1.165) is 70.5 Å². The predicted octanol–water partition coefficient (Wildman–Crippen LogP) is 4.98. The molecular weight excluding hydrogens is 680 g/mol. The van der Waals surface area contributed by atoms with E-state index in [1.807, 2.05) is 0 Å². The third kappa shape index (κ3) is 7.20. The molecule has 0 spiro atoms. The molecule has 0 radical (unpaired) electrons. The Labute approximate surface area is 306 Å². The maximum absolute atomic E-state index is 13.2. The lowest BCUT2D eigenvalue weighted by Crippen LogP contribution is -2.46. The zero-order valence-corrected chi connectivity index (χ0v) is 30.2. The van der Waals surface area contributed by atoms with Gasteiger partial charge in [0.15, 0.2) is 0 Å². The molecule has 15 heteroatoms. The number of nitrogens with zero attached hydrogens (tertiary/aromatic N) is 4. The van der Waals surface area contributed by atoms with Crippen LogP contribution in [0.5, 0.6) is 0 Å². The smallest absolute Gasteiger partial charge is 0.407 e. The molecule has 1 unspecified atom stereocenters. The summed E-state index contributed by atoms with van der Waals surface area (Å²) in [5.41, 5.74) is 7.89. The quantitative estimate of drug-likeness (QED) is 0.195. The number of imidazole rings is 2. The van der Waals surface area contributed by atoms with Crippen molar-refractivity contribution in [2.24, 2.45) is 0 Å². The summed E-state index contributed by atoms with van der Waals surface area (Å²) in [6, 6.07) is 10.7. The van der Waals surface area contributed by atoms with E-state index in [9.17, 15) is 19.2 Å². The van der Waals surface area contributed by atoms with E-state index in [1.54, 1.807) is 36.0 Å². The number of nitrogens with one attached hydrogen (secondary N) is 4. The fourth-order valence-corrected chi connectivity index (χ4v) is 7.59. The number of carbonyl (C=O) groups excluding carboxylic acids is 4. The maximum atomic E-state index is 13.2. The van der Waals surface area contributed by atoms with Crippen LogP contribution >= 0.6 is 0 Å². The Balaban J connectivity index is 1.06. The van der Waals surface area contributed by atoms with E-state index < -0.39 is 24.3 Å². The first-order valence-corrected chi connectivity index (χ1v) is 17.9. The van der Waals surface area contributed by atoms with Crippen LogP contribution in [0.2, 0.25) is 0 Å². The lowest BCUT2D eigenvalue weighted by molar-refractivity contribution is -0.134. The van der Waals surface area contributed by atoms with Crippen molar-refractivity contribution in [3.05, 3.63) is 71.6 Å². The Bertz CT molecular complexity index is 1880. The summed E-state index contributed by atoms with van der Waals surface area (Å²) in [4.78, 5) is 69.5. The molecule has 5 heterocycles. The van der Waals surface area contributed by atoms with Crippen LogP contribution in [-0.2, 0) is 37.0 Å². The number of alkyl carbamates (subject to hydrolysis) is 2. The molecule has 4 N–H and O–H groups in total. The van der Waals surface area contributed by atoms with Crippen molar-refractivity contribution in [2.45, 2.75) is 76.9 Å². The van der Waals surface area contributed by atoms with Crippen molar-refractivity contribution in [1.29, 1.82) is 0 Å². The van der Waals surface area contributed by atoms with Gasteiger partial charge in [-0.2, -0.15) is 0 Å². The molecule has 2 aromatic heterocycles. The molecule has 2 saturated heterocycles. The van der Waals surface area contributed by atoms with Gasteiger partial charge in [-0.3, -0.25) is 9.59 Å². The number of hydrogen-bond acceptors (Lipinski definition) is 9. The second-order valence-electron chi connectivity index (χ2n) is 13.7. The third-order valence-corrected chi connectivity index (χ3v) is 10.3. The van der Waals surface area contributed by atoms with Gasteiger partial charge in [0.05, 0.1) is 63.3 Å². The minimum atomic E-state index is -0.717. The minimum absolute atomic E-state index is 0.179. The van der Waals surface area contributed by atoms with Gasteiger partial charge < -0.3 is 44.6 Å². The number of carbonyl (C=O) groups is 4. The Kier molecular flexibility index (Phi) is 10.2. The summed E-state index contributed by atoms with van der Waals surface area (Å²) in [7, 11) is 2.54. The van der Waals surface area contributed by atoms with Crippen LogP contribution in [0.15, 0.2) is 48.8 Å². The highest BCUT2D eigenvalue weighted by Crippen LogP contribution is 2.38. The van der Waals surface area contributed by atoms with Gasteiger partial charge in [0, 0.05) is 13.1 Å². The fourth-order valence-electron chi connectivity index (χ4n) is 7.59. The predicted molar refractivity (Wildman–Crippen MR) is 193 cm³/mol. The van der Waals surface area contributed by atoms with Crippen LogP contribution in [0.25, 0.3) is 33.6 Å². The average molecular weight is 725 g/mol. The number of hydrogen-bond donors (Lipinski definition) is 4. The second kappa shape index (κ2) is 15.1. The summed E-state index contributed by atoms with van der Waals surface area (Å²) in [5, 5.41) is 5.13. The van der Waals surface area contributed by atoms with E-state index in [0.29, 0.717) is 38.0 Å². The maximum Gasteiger partial charge on any atom is 0.407 e. The van der Waals surface area contributed by atoms with Gasteiger partial charge in [-0.1, -0.05) is 24.3 Å². The van der Waals surface area contributed by atoms with Crippen LogP contribution in [0.1, 0.15) is 74.4 Å². The minimum Gasteiger partial charge on any atom is -0.453 e. The average Bonchev–Trinajstić information content (AvgIpc) is 4.00. The fraction of sp³-hybridized carbons (Fsp3) is 0.421. The number of H-pyrrole nitrogens is 2. The van der Waals surface area contributed by atoms with Gasteiger partial charge >= 0.3 is 12.2 Å². The van der Waals surface area contributed by atoms with Gasteiger partial charge in [-0.15, -0.1) is 0 Å². The Hall–Kier alpha value is -5.70. The van der Waals surface area contributed by atoms with Crippen molar-refractivity contribution in [3.63, 3.8) is 0 Å². The van der Waals surface area contributed by atoms with Crippen LogP contribution in [0.4, 0.5) is 9.59 Å². The standard InChI is InChI=1S/C38H44N8O7/c1-21(41-37(49)51-3)35(47)45-13-5-7-31(45)33-39-17-29(43-33)23-9-11-27-25(15-23)19-53-20-26-16-24(10-12-28(26)27)30-18-40-34(44-30)32-8-6-14-46(32)36(48)22(2)42-38(50)52-4/h9-12,15-18,21-22,31-32H,5-8,13-14,19-20H2,1-4H3,(H,39,43)(H,40,44)(H,41,49)(H,42,50)/t21-,22-,31-,32?/m0/s1. The molecular formula is C38H44N8O7. The molecule has 3 aliphatic heterocycles. The van der Waals surface area contributed by atoms with Crippen LogP contribution < -0.4 is 10.6 Å². The number of amides is 4. The molecule has 2 aromatic carbocycles. The Morgan fingerprint density at radius 2 is 1.17 bits per heavy atom. The van der Waals surface area contributed by atoms with Crippen LogP contribution in [0, 0.1) is 0 Å². The van der Waals surface area contributed by atoms with Gasteiger partial charge in [-0.05, 0) is 85.0 Å². The first-order valence-electron chi connectivity index (χ1n) is 17.9. The zero-order valence-electron chi connectivity index (χ0n) is 30.2. The first-order chi connectivity index (χ1) is 25.6. The number of methoxy groups -OCH3 is 2. The Morgan fingerprint density at radius 1 is 0.736 bits per heavy atom. The number of aromatic nitrogens is 4. The largest absolute Gasteiger partial charge is 0.453 e. The number of fused-ring (bicyclic) bond motifs is 3. The molecule has 3 aliphatic rings. The summed E-state index contributed by atoms with van der Waals surface area (Å²) in [5.74, 6) is 1.06. The number of aromatic amines is 2. The highest BCUT2D eigenvalue weighted by molar-refractivity contribution is 5.86. The highest BCUT2D eigenvalue weighted by Gasteiger charge is 2.36. The normalized spacial score (nSPS) is 19.1. The molecule has 0 bridgehead atoms. The van der Waals surface area contributed by atoms with Crippen molar-refractivity contribution >= 4 is 24.0 Å². The molecule has 15 nitrogen and oxygen atoms in total. The van der Waals surface area contributed by atoms with Crippen molar-refractivity contribution < 1.29 is 33.4 Å². The molecule has 53 heavy (non-hydrogen) atoms. The summed E-state index contributed by atoms with van der Waals surface area (Å²) < 4.78 is 15.5. The molecule has 0 saturated carbocycles. The van der Waals surface area contributed by atoms with E-state index in [2.05, 4.69) is 76.4 Å². The van der Waals surface area contributed by atoms with Crippen LogP contribution in [0.3, 0.4) is 0 Å². The topological polar surface area (TPSA) is 184 Å². The number of likely N-dealkylation sites (tertiary alicyclic amines) is 2. The summed E-state index contributed by atoms with van der Waals surface area (Å²) >= 11 is 0. The zero-order chi connectivity index (χ0) is 37.2. The Morgan fingerprint density at radius 3 is 1.58 bits per heavy atom.